The molecule has 1 unspecified atom stereocenters. The van der Waals surface area contributed by atoms with Crippen LogP contribution in [0.3, 0.4) is 0 Å². The maximum absolute atomic E-state index is 10.6. The van der Waals surface area contributed by atoms with Crippen LogP contribution in [0.4, 0.5) is 0 Å². The van der Waals surface area contributed by atoms with E-state index in [-0.39, 0.29) is 0 Å². The lowest BCUT2D eigenvalue weighted by Gasteiger charge is -1.98. The van der Waals surface area contributed by atoms with E-state index in [9.17, 15) is 4.55 Å². The van der Waals surface area contributed by atoms with Gasteiger partial charge in [-0.1, -0.05) is 0 Å². The van der Waals surface area contributed by atoms with Gasteiger partial charge >= 0.3 is 0 Å². The summed E-state index contributed by atoms with van der Waals surface area (Å²) in [6, 6.07) is 1.60. The van der Waals surface area contributed by atoms with Crippen molar-refractivity contribution in [3.05, 3.63) is 18.6 Å². The average molecular weight is 141 g/mol. The summed E-state index contributed by atoms with van der Waals surface area (Å²) in [5.74, 6) is 0. The van der Waals surface area contributed by atoms with Crippen LogP contribution in [-0.2, 0) is 11.2 Å². The zero-order valence-electron chi connectivity index (χ0n) is 4.87. The molecule has 1 aromatic rings. The van der Waals surface area contributed by atoms with Crippen LogP contribution in [-0.4, -0.2) is 20.8 Å². The Hall–Kier alpha value is -0.610. The highest BCUT2D eigenvalue weighted by molar-refractivity contribution is 7.90. The van der Waals surface area contributed by atoms with E-state index in [2.05, 4.69) is 16.3 Å². The first kappa shape index (κ1) is 6.51. The molecule has 1 radical (unpaired) electrons. The zero-order chi connectivity index (χ0) is 6.69. The van der Waals surface area contributed by atoms with Crippen molar-refractivity contribution in [2.45, 2.75) is 5.03 Å². The van der Waals surface area contributed by atoms with E-state index in [1.807, 2.05) is 0 Å². The highest BCUT2D eigenvalue weighted by Crippen LogP contribution is 1.99. The molecule has 1 heterocycles. The van der Waals surface area contributed by atoms with Gasteiger partial charge < -0.3 is 4.55 Å². The predicted octanol–water partition coefficient (Wildman–Crippen LogP) is 0.0142. The van der Waals surface area contributed by atoms with Crippen LogP contribution in [0.5, 0.6) is 0 Å². The summed E-state index contributed by atoms with van der Waals surface area (Å²) in [6.07, 6.45) is 5.43. The fraction of sp³-hybridized carbons (Fsp3) is 0.200. The third-order valence-electron chi connectivity index (χ3n) is 0.804. The summed E-state index contributed by atoms with van der Waals surface area (Å²) in [6.45, 7) is 0. The number of hydrogen-bond donors (Lipinski definition) is 0. The Bertz CT molecular complexity index is 178. The molecule has 1 atom stereocenters. The van der Waals surface area contributed by atoms with Gasteiger partial charge in [0.25, 0.3) is 0 Å². The van der Waals surface area contributed by atoms with Gasteiger partial charge in [0.1, 0.15) is 6.26 Å². The Labute approximate surface area is 56.3 Å². The fourth-order valence-corrected chi connectivity index (χ4v) is 0.832. The summed E-state index contributed by atoms with van der Waals surface area (Å²) in [7, 11) is 0. The van der Waals surface area contributed by atoms with E-state index < -0.39 is 11.2 Å². The van der Waals surface area contributed by atoms with Crippen molar-refractivity contribution in [3.63, 3.8) is 0 Å². The van der Waals surface area contributed by atoms with Gasteiger partial charge in [0, 0.05) is 23.4 Å². The van der Waals surface area contributed by atoms with Gasteiger partial charge in [0.15, 0.2) is 0 Å². The molecular formula is C5H5N2OS. The normalized spacial score (nSPS) is 13.1. The molecule has 0 aliphatic rings. The van der Waals surface area contributed by atoms with E-state index in [1.54, 1.807) is 12.3 Å². The molecule has 0 N–H and O–H groups in total. The minimum Gasteiger partial charge on any atom is -0.610 e. The second-order valence-electron chi connectivity index (χ2n) is 1.45. The lowest BCUT2D eigenvalue weighted by Crippen LogP contribution is -1.99. The summed E-state index contributed by atoms with van der Waals surface area (Å²) in [5, 5.41) is 0.519. The van der Waals surface area contributed by atoms with Crippen LogP contribution >= 0.6 is 0 Å². The van der Waals surface area contributed by atoms with Gasteiger partial charge in [0.2, 0.25) is 11.4 Å². The van der Waals surface area contributed by atoms with E-state index in [1.165, 1.54) is 6.20 Å². The van der Waals surface area contributed by atoms with Crippen LogP contribution in [0, 0.1) is 6.33 Å². The van der Waals surface area contributed by atoms with Gasteiger partial charge in [-0.3, -0.25) is 0 Å². The summed E-state index contributed by atoms with van der Waals surface area (Å²) in [4.78, 5) is 7.20. The van der Waals surface area contributed by atoms with Crippen molar-refractivity contribution in [1.82, 2.24) is 9.97 Å². The van der Waals surface area contributed by atoms with E-state index in [0.717, 1.165) is 0 Å². The predicted molar refractivity (Wildman–Crippen MR) is 33.2 cm³/mol. The highest BCUT2D eigenvalue weighted by atomic mass is 32.2. The van der Waals surface area contributed by atoms with Crippen molar-refractivity contribution in [3.8, 4) is 0 Å². The molecule has 1 aromatic heterocycles. The van der Waals surface area contributed by atoms with Gasteiger partial charge in [-0.05, 0) is 0 Å². The highest BCUT2D eigenvalue weighted by Gasteiger charge is 2.01. The quantitative estimate of drug-likeness (QED) is 0.409. The van der Waals surface area contributed by atoms with E-state index in [0.29, 0.717) is 5.03 Å². The van der Waals surface area contributed by atoms with Crippen molar-refractivity contribution >= 4 is 11.2 Å². The van der Waals surface area contributed by atoms with Gasteiger partial charge in [-0.25, -0.2) is 4.98 Å². The first-order chi connectivity index (χ1) is 4.30. The topological polar surface area (TPSA) is 48.8 Å². The smallest absolute Gasteiger partial charge is 0.247 e. The average Bonchev–Trinajstić information content (AvgIpc) is 1.90. The van der Waals surface area contributed by atoms with Gasteiger partial charge in [-0.2, -0.15) is 4.98 Å². The van der Waals surface area contributed by atoms with Crippen LogP contribution in [0.25, 0.3) is 0 Å². The number of hydrogen-bond acceptors (Lipinski definition) is 3. The van der Waals surface area contributed by atoms with Crippen molar-refractivity contribution in [2.24, 2.45) is 0 Å². The van der Waals surface area contributed by atoms with Crippen molar-refractivity contribution < 1.29 is 4.55 Å². The Morgan fingerprint density at radius 3 is 2.89 bits per heavy atom. The molecule has 9 heavy (non-hydrogen) atoms. The van der Waals surface area contributed by atoms with Crippen LogP contribution in [0.1, 0.15) is 0 Å². The monoisotopic (exact) mass is 141 g/mol. The van der Waals surface area contributed by atoms with Crippen LogP contribution in [0.15, 0.2) is 17.3 Å². The Balaban J connectivity index is 2.85. The third-order valence-corrected chi connectivity index (χ3v) is 1.62. The van der Waals surface area contributed by atoms with E-state index >= 15 is 0 Å². The molecule has 0 aromatic carbocycles. The lowest BCUT2D eigenvalue weighted by atomic mass is 10.7. The summed E-state index contributed by atoms with van der Waals surface area (Å²) < 4.78 is 10.6. The molecule has 3 nitrogen and oxygen atoms in total. The molecule has 0 aliphatic heterocycles. The zero-order valence-corrected chi connectivity index (χ0v) is 5.68. The standard InChI is InChI=1S/C5H5N2OS/c1-9(8)5-2-3-6-4-7-5/h2-3H,1H3. The molecule has 0 fully saturated rings. The van der Waals surface area contributed by atoms with Gasteiger partial charge in [-0.15, -0.1) is 0 Å². The molecule has 0 spiro atoms. The largest absolute Gasteiger partial charge is 0.610 e. The minimum atomic E-state index is -1.01. The molecule has 0 saturated carbocycles. The van der Waals surface area contributed by atoms with Crippen LogP contribution < -0.4 is 0 Å². The Kier molecular flexibility index (Phi) is 2.02. The number of rotatable bonds is 1. The Morgan fingerprint density at radius 2 is 2.56 bits per heavy atom. The molecule has 4 heteroatoms. The second kappa shape index (κ2) is 2.80. The first-order valence-corrected chi connectivity index (χ1v) is 3.89. The van der Waals surface area contributed by atoms with Crippen LogP contribution in [0.2, 0.25) is 0 Å². The molecule has 0 amide bonds. The molecule has 0 saturated heterocycles. The SMILES string of the molecule is C[S+]([O-])c1ccn[c]n1. The fourth-order valence-electron chi connectivity index (χ4n) is 0.410. The Morgan fingerprint density at radius 1 is 1.78 bits per heavy atom. The number of nitrogens with zero attached hydrogens (tertiary/aromatic N) is 2. The van der Waals surface area contributed by atoms with Gasteiger partial charge in [0.05, 0.1) is 0 Å². The molecule has 47 valence electrons. The van der Waals surface area contributed by atoms with Crippen molar-refractivity contribution in [1.29, 1.82) is 0 Å². The maximum atomic E-state index is 10.6. The minimum absolute atomic E-state index is 0.519. The summed E-state index contributed by atoms with van der Waals surface area (Å²) >= 11 is -1.01. The number of aromatic nitrogens is 2. The molecule has 0 bridgehead atoms. The molecular weight excluding hydrogens is 136 g/mol. The summed E-state index contributed by atoms with van der Waals surface area (Å²) in [5.41, 5.74) is 0. The first-order valence-electron chi connectivity index (χ1n) is 2.33. The maximum Gasteiger partial charge on any atom is 0.247 e. The lowest BCUT2D eigenvalue weighted by molar-refractivity contribution is 0.596. The third kappa shape index (κ3) is 1.65. The second-order valence-corrected chi connectivity index (χ2v) is 2.78. The molecule has 0 aliphatic carbocycles. The molecule has 1 rings (SSSR count). The van der Waals surface area contributed by atoms with Crippen molar-refractivity contribution in [2.75, 3.05) is 6.26 Å². The van der Waals surface area contributed by atoms with E-state index in [4.69, 9.17) is 0 Å².